The molecule has 0 bridgehead atoms. The fraction of sp³-hybridized carbons (Fsp3) is 0.242. The first kappa shape index (κ1) is 33.7. The Morgan fingerprint density at radius 3 is 1.96 bits per heavy atom. The number of nitro benzene ring substituents is 2. The Bertz CT molecular complexity index is 1870. The third-order valence-electron chi connectivity index (χ3n) is 7.76. The molecule has 0 spiro atoms. The Balaban J connectivity index is 1.98. The Kier molecular flexibility index (Phi) is 10.5. The van der Waals surface area contributed by atoms with E-state index < -0.39 is 36.2 Å². The summed E-state index contributed by atoms with van der Waals surface area (Å²) in [6, 6.07) is 14.9. The predicted molar refractivity (Wildman–Crippen MR) is 178 cm³/mol. The molecule has 0 atom stereocenters. The van der Waals surface area contributed by atoms with Crippen molar-refractivity contribution in [2.75, 3.05) is 36.4 Å². The second-order valence-electron chi connectivity index (χ2n) is 10.3. The van der Waals surface area contributed by atoms with Crippen molar-refractivity contribution in [2.24, 2.45) is 0 Å². The maximum atomic E-state index is 13.0. The third kappa shape index (κ3) is 7.22. The Morgan fingerprint density at radius 1 is 0.804 bits per heavy atom. The molecule has 0 fully saturated rings. The lowest BCUT2D eigenvalue weighted by atomic mass is 9.90. The molecule has 1 aliphatic rings. The smallest absolute Gasteiger partial charge is 0.299 e. The maximum absolute atomic E-state index is 13.0. The highest BCUT2D eigenvalue weighted by Gasteiger charge is 2.25. The average Bonchev–Trinajstić information content (AvgIpc) is 3.03. The number of anilines is 3. The molecule has 0 unspecified atom stereocenters. The van der Waals surface area contributed by atoms with E-state index in [1.165, 1.54) is 18.2 Å². The van der Waals surface area contributed by atoms with Gasteiger partial charge in [0.1, 0.15) is 28.9 Å². The SMILES string of the molecule is CCN(CC)c1ccc(C(=C2C=CC(=[N+](CC)CC)C=C2)c2cccc(Nc3ccc([N+](=O)[O-])cc3[N+](=O)[O-])c2S(=O)(=O)[O-])cc1. The van der Waals surface area contributed by atoms with Crippen LogP contribution in [0.3, 0.4) is 0 Å². The molecular weight excluding hydrogens is 610 g/mol. The number of allylic oxidation sites excluding steroid dienone is 5. The highest BCUT2D eigenvalue weighted by molar-refractivity contribution is 7.86. The standard InChI is InChI=1S/C33H35N5O7S/c1-5-35(6-2)25-16-12-23(13-17-25)32(24-14-18-26(19-15-24)36(7-3)8-4)28-10-9-11-30(33(28)46(43,44)45)34-29-21-20-27(37(39)40)22-31(29)38(41)42/h9-22,34H,5-8H2,1-4H3. The van der Waals surface area contributed by atoms with E-state index in [2.05, 4.69) is 14.8 Å². The summed E-state index contributed by atoms with van der Waals surface area (Å²) in [5.41, 5.74) is 2.21. The lowest BCUT2D eigenvalue weighted by molar-refractivity contribution is -0.519. The molecule has 4 rings (SSSR count). The summed E-state index contributed by atoms with van der Waals surface area (Å²) in [5, 5.41) is 25.7. The largest absolute Gasteiger partial charge is 0.744 e. The van der Waals surface area contributed by atoms with E-state index in [4.69, 9.17) is 0 Å². The number of nitrogens with zero attached hydrogens (tertiary/aromatic N) is 4. The van der Waals surface area contributed by atoms with Crippen LogP contribution < -0.4 is 10.2 Å². The van der Waals surface area contributed by atoms with E-state index in [-0.39, 0.29) is 16.9 Å². The molecule has 1 aliphatic carbocycles. The third-order valence-corrected chi connectivity index (χ3v) is 8.70. The molecule has 3 aromatic rings. The molecule has 1 N–H and O–H groups in total. The zero-order chi connectivity index (χ0) is 33.6. The van der Waals surface area contributed by atoms with Gasteiger partial charge in [-0.1, -0.05) is 24.3 Å². The van der Waals surface area contributed by atoms with Gasteiger partial charge in [-0.25, -0.2) is 13.0 Å². The summed E-state index contributed by atoms with van der Waals surface area (Å²) in [7, 11) is -5.19. The summed E-state index contributed by atoms with van der Waals surface area (Å²) in [5.74, 6) is 0. The van der Waals surface area contributed by atoms with E-state index >= 15 is 0 Å². The number of nitrogens with one attached hydrogen (secondary N) is 1. The highest BCUT2D eigenvalue weighted by Crippen LogP contribution is 2.40. The van der Waals surface area contributed by atoms with Gasteiger partial charge in [0.25, 0.3) is 11.4 Å². The normalized spacial score (nSPS) is 12.6. The van der Waals surface area contributed by atoms with Crippen molar-refractivity contribution in [3.05, 3.63) is 122 Å². The second kappa shape index (κ2) is 14.3. The number of benzene rings is 3. The molecule has 13 heteroatoms. The first-order valence-electron chi connectivity index (χ1n) is 14.8. The van der Waals surface area contributed by atoms with Crippen molar-refractivity contribution in [3.8, 4) is 0 Å². The molecule has 0 amide bonds. The molecule has 0 radical (unpaired) electrons. The van der Waals surface area contributed by atoms with E-state index in [1.807, 2.05) is 76.3 Å². The lowest BCUT2D eigenvalue weighted by Crippen LogP contribution is -2.21. The zero-order valence-electron chi connectivity index (χ0n) is 26.0. The van der Waals surface area contributed by atoms with Crippen molar-refractivity contribution in [1.82, 2.24) is 0 Å². The van der Waals surface area contributed by atoms with Gasteiger partial charge in [0.2, 0.25) is 0 Å². The molecule has 0 aliphatic heterocycles. The lowest BCUT2D eigenvalue weighted by Gasteiger charge is -2.24. The second-order valence-corrected chi connectivity index (χ2v) is 11.6. The number of non-ortho nitro benzene ring substituents is 1. The van der Waals surface area contributed by atoms with Crippen LogP contribution in [0.2, 0.25) is 0 Å². The molecule has 12 nitrogen and oxygen atoms in total. The quantitative estimate of drug-likeness (QED) is 0.101. The van der Waals surface area contributed by atoms with Crippen LogP contribution >= 0.6 is 0 Å². The van der Waals surface area contributed by atoms with Crippen LogP contribution in [0.5, 0.6) is 0 Å². The summed E-state index contributed by atoms with van der Waals surface area (Å²) in [4.78, 5) is 23.0. The van der Waals surface area contributed by atoms with Gasteiger partial charge < -0.3 is 14.8 Å². The van der Waals surface area contributed by atoms with Crippen LogP contribution in [-0.2, 0) is 10.1 Å². The van der Waals surface area contributed by atoms with E-state index in [0.717, 1.165) is 55.8 Å². The van der Waals surface area contributed by atoms with Crippen LogP contribution in [0, 0.1) is 20.2 Å². The first-order valence-corrected chi connectivity index (χ1v) is 16.2. The molecular formula is C33H35N5O7S. The van der Waals surface area contributed by atoms with Crippen LogP contribution in [0.4, 0.5) is 28.4 Å². The van der Waals surface area contributed by atoms with Crippen molar-refractivity contribution in [1.29, 1.82) is 0 Å². The fourth-order valence-electron chi connectivity index (χ4n) is 5.47. The van der Waals surface area contributed by atoms with Crippen molar-refractivity contribution < 1.29 is 27.4 Å². The Morgan fingerprint density at radius 2 is 1.43 bits per heavy atom. The molecule has 0 saturated heterocycles. The number of hydrogen-bond acceptors (Lipinski definition) is 9. The summed E-state index contributed by atoms with van der Waals surface area (Å²) in [6.45, 7) is 11.4. The molecule has 0 heterocycles. The van der Waals surface area contributed by atoms with Crippen molar-refractivity contribution in [3.63, 3.8) is 0 Å². The topological polar surface area (TPSA) is 162 Å². The van der Waals surface area contributed by atoms with Gasteiger partial charge in [-0.05, 0) is 80.8 Å². The summed E-state index contributed by atoms with van der Waals surface area (Å²) in [6.07, 6.45) is 7.59. The molecule has 240 valence electrons. The van der Waals surface area contributed by atoms with Gasteiger partial charge in [0, 0.05) is 42.6 Å². The summed E-state index contributed by atoms with van der Waals surface area (Å²) < 4.78 is 41.1. The van der Waals surface area contributed by atoms with Gasteiger partial charge in [-0.15, -0.1) is 0 Å². The van der Waals surface area contributed by atoms with Crippen LogP contribution in [0.25, 0.3) is 5.57 Å². The van der Waals surface area contributed by atoms with Gasteiger partial charge in [0.15, 0.2) is 5.71 Å². The molecule has 0 saturated carbocycles. The number of rotatable bonds is 12. The minimum atomic E-state index is -5.19. The number of hydrogen-bond donors (Lipinski definition) is 1. The van der Waals surface area contributed by atoms with Gasteiger partial charge in [-0.3, -0.25) is 20.2 Å². The van der Waals surface area contributed by atoms with E-state index in [1.54, 1.807) is 0 Å². The van der Waals surface area contributed by atoms with E-state index in [9.17, 15) is 33.2 Å². The van der Waals surface area contributed by atoms with Gasteiger partial charge in [-0.2, -0.15) is 0 Å². The minimum Gasteiger partial charge on any atom is -0.744 e. The highest BCUT2D eigenvalue weighted by atomic mass is 32.2. The predicted octanol–water partition coefficient (Wildman–Crippen LogP) is 6.42. The van der Waals surface area contributed by atoms with E-state index in [0.29, 0.717) is 16.7 Å². The van der Waals surface area contributed by atoms with Crippen LogP contribution in [-0.4, -0.2) is 59.3 Å². The Hall–Kier alpha value is -5.14. The molecule has 0 aromatic heterocycles. The minimum absolute atomic E-state index is 0.0933. The molecule has 46 heavy (non-hydrogen) atoms. The Labute approximate surface area is 267 Å². The average molecular weight is 646 g/mol. The molecule has 3 aromatic carbocycles. The number of nitro groups is 2. The monoisotopic (exact) mass is 645 g/mol. The zero-order valence-corrected chi connectivity index (χ0v) is 26.8. The summed E-state index contributed by atoms with van der Waals surface area (Å²) >= 11 is 0. The van der Waals surface area contributed by atoms with Crippen LogP contribution in [0.1, 0.15) is 38.8 Å². The van der Waals surface area contributed by atoms with Gasteiger partial charge >= 0.3 is 0 Å². The van der Waals surface area contributed by atoms with Gasteiger partial charge in [0.05, 0.1) is 26.5 Å². The van der Waals surface area contributed by atoms with Crippen LogP contribution in [0.15, 0.2) is 95.4 Å². The maximum Gasteiger partial charge on any atom is 0.299 e. The van der Waals surface area contributed by atoms with Crippen molar-refractivity contribution >= 4 is 49.8 Å². The fourth-order valence-corrected chi connectivity index (χ4v) is 6.30. The van der Waals surface area contributed by atoms with Crippen molar-refractivity contribution in [2.45, 2.75) is 32.6 Å². The first-order chi connectivity index (χ1) is 21.9.